The van der Waals surface area contributed by atoms with Crippen molar-refractivity contribution in [3.8, 4) is 0 Å². The van der Waals surface area contributed by atoms with Crippen LogP contribution in [0.5, 0.6) is 0 Å². The third-order valence-electron chi connectivity index (χ3n) is 5.08. The molecule has 2 aliphatic rings. The molecule has 2 aromatic rings. The molecular weight excluding hydrogens is 344 g/mol. The van der Waals surface area contributed by atoms with Gasteiger partial charge in [0.2, 0.25) is 5.91 Å². The van der Waals surface area contributed by atoms with Crippen molar-refractivity contribution in [3.63, 3.8) is 0 Å². The number of rotatable bonds is 3. The quantitative estimate of drug-likeness (QED) is 0.885. The highest BCUT2D eigenvalue weighted by molar-refractivity contribution is 5.93. The Morgan fingerprint density at radius 2 is 1.96 bits per heavy atom. The molecule has 0 radical (unpaired) electrons. The molecule has 2 atom stereocenters. The van der Waals surface area contributed by atoms with E-state index in [0.29, 0.717) is 44.2 Å². The summed E-state index contributed by atoms with van der Waals surface area (Å²) < 4.78 is 5.90. The van der Waals surface area contributed by atoms with Crippen LogP contribution in [-0.4, -0.2) is 58.4 Å². The van der Waals surface area contributed by atoms with Gasteiger partial charge in [0.15, 0.2) is 0 Å². The first-order chi connectivity index (χ1) is 13.1. The minimum Gasteiger partial charge on any atom is -0.384 e. The number of anilines is 1. The number of aromatic nitrogens is 1. The molecule has 2 aliphatic heterocycles. The number of carbonyl (C=O) groups excluding carboxylic acids is 2. The molecule has 2 saturated heterocycles. The van der Waals surface area contributed by atoms with E-state index in [9.17, 15) is 9.59 Å². The second-order valence-corrected chi connectivity index (χ2v) is 6.89. The average molecular weight is 366 g/mol. The van der Waals surface area contributed by atoms with E-state index in [2.05, 4.69) is 4.98 Å². The van der Waals surface area contributed by atoms with E-state index in [4.69, 9.17) is 10.5 Å². The van der Waals surface area contributed by atoms with Crippen molar-refractivity contribution >= 4 is 17.6 Å². The maximum atomic E-state index is 12.8. The lowest BCUT2D eigenvalue weighted by Gasteiger charge is -2.29. The lowest BCUT2D eigenvalue weighted by molar-refractivity contribution is -0.133. The van der Waals surface area contributed by atoms with Gasteiger partial charge in [-0.2, -0.15) is 0 Å². The second-order valence-electron chi connectivity index (χ2n) is 6.89. The summed E-state index contributed by atoms with van der Waals surface area (Å²) in [6, 6.07) is 14.7. The standard InChI is InChI=1S/C20H22N4O3/c21-18-8-4-7-15(22-18)20(26)23-12-16-17(13-23)27-10-9-19(25)24(16)11-14-5-2-1-3-6-14/h1-8,16-17H,9-13H2,(H2,21,22)/t16-,17-/m0/s1. The van der Waals surface area contributed by atoms with E-state index in [1.807, 2.05) is 35.2 Å². The third kappa shape index (κ3) is 3.64. The Balaban J connectivity index is 1.55. The number of nitrogens with zero attached hydrogens (tertiary/aromatic N) is 3. The zero-order valence-corrected chi connectivity index (χ0v) is 15.0. The Morgan fingerprint density at radius 3 is 2.74 bits per heavy atom. The van der Waals surface area contributed by atoms with E-state index >= 15 is 0 Å². The lowest BCUT2D eigenvalue weighted by atomic mass is 10.1. The smallest absolute Gasteiger partial charge is 0.272 e. The summed E-state index contributed by atoms with van der Waals surface area (Å²) in [5.74, 6) is 0.181. The minimum atomic E-state index is -0.190. The van der Waals surface area contributed by atoms with Gasteiger partial charge in [0, 0.05) is 19.6 Å². The number of hydrogen-bond acceptors (Lipinski definition) is 5. The molecule has 140 valence electrons. The summed E-state index contributed by atoms with van der Waals surface area (Å²) in [5.41, 5.74) is 7.08. The molecule has 3 heterocycles. The van der Waals surface area contributed by atoms with E-state index in [-0.39, 0.29) is 24.0 Å². The van der Waals surface area contributed by atoms with Crippen molar-refractivity contribution in [1.82, 2.24) is 14.8 Å². The minimum absolute atomic E-state index is 0.0581. The molecule has 7 nitrogen and oxygen atoms in total. The SMILES string of the molecule is Nc1cccc(C(=O)N2C[C@@H]3OCCC(=O)N(Cc4ccccc4)[C@H]3C2)n1. The van der Waals surface area contributed by atoms with Gasteiger partial charge in [0.1, 0.15) is 11.5 Å². The highest BCUT2D eigenvalue weighted by Crippen LogP contribution is 2.26. The van der Waals surface area contributed by atoms with Gasteiger partial charge >= 0.3 is 0 Å². The molecule has 1 aromatic carbocycles. The number of nitrogens with two attached hydrogens (primary N) is 1. The molecule has 2 fully saturated rings. The fourth-order valence-corrected chi connectivity index (χ4v) is 3.73. The van der Waals surface area contributed by atoms with Crippen LogP contribution >= 0.6 is 0 Å². The van der Waals surface area contributed by atoms with Gasteiger partial charge in [-0.05, 0) is 17.7 Å². The van der Waals surface area contributed by atoms with Crippen LogP contribution in [0, 0.1) is 0 Å². The summed E-state index contributed by atoms with van der Waals surface area (Å²) in [4.78, 5) is 33.2. The fraction of sp³-hybridized carbons (Fsp3) is 0.350. The van der Waals surface area contributed by atoms with Crippen LogP contribution in [0.25, 0.3) is 0 Å². The second kappa shape index (κ2) is 7.36. The third-order valence-corrected chi connectivity index (χ3v) is 5.08. The average Bonchev–Trinajstić information content (AvgIpc) is 3.04. The highest BCUT2D eigenvalue weighted by atomic mass is 16.5. The Bertz CT molecular complexity index is 842. The Hall–Kier alpha value is -2.93. The summed E-state index contributed by atoms with van der Waals surface area (Å²) >= 11 is 0. The van der Waals surface area contributed by atoms with Gasteiger partial charge in [0.25, 0.3) is 5.91 Å². The van der Waals surface area contributed by atoms with E-state index in [0.717, 1.165) is 5.56 Å². The molecule has 0 bridgehead atoms. The van der Waals surface area contributed by atoms with Gasteiger partial charge in [-0.3, -0.25) is 9.59 Å². The number of amides is 2. The Morgan fingerprint density at radius 1 is 1.15 bits per heavy atom. The molecule has 0 unspecified atom stereocenters. The number of hydrogen-bond donors (Lipinski definition) is 1. The first-order valence-corrected chi connectivity index (χ1v) is 9.08. The largest absolute Gasteiger partial charge is 0.384 e. The predicted molar refractivity (Wildman–Crippen MR) is 99.7 cm³/mol. The molecular formula is C20H22N4O3. The number of benzene rings is 1. The Kier molecular flexibility index (Phi) is 4.77. The molecule has 0 saturated carbocycles. The zero-order chi connectivity index (χ0) is 18.8. The van der Waals surface area contributed by atoms with E-state index in [1.54, 1.807) is 23.1 Å². The number of fused-ring (bicyclic) bond motifs is 1. The number of pyridine rings is 1. The van der Waals surface area contributed by atoms with Gasteiger partial charge < -0.3 is 20.3 Å². The lowest BCUT2D eigenvalue weighted by Crippen LogP contribution is -2.45. The fourth-order valence-electron chi connectivity index (χ4n) is 3.73. The number of carbonyl (C=O) groups is 2. The summed E-state index contributed by atoms with van der Waals surface area (Å²) in [6.07, 6.45) is 0.176. The summed E-state index contributed by atoms with van der Waals surface area (Å²) in [7, 11) is 0. The van der Waals surface area contributed by atoms with Crippen molar-refractivity contribution in [2.75, 3.05) is 25.4 Å². The van der Waals surface area contributed by atoms with Gasteiger partial charge in [-0.15, -0.1) is 0 Å². The van der Waals surface area contributed by atoms with Crippen LogP contribution < -0.4 is 5.73 Å². The first-order valence-electron chi connectivity index (χ1n) is 9.08. The molecule has 7 heteroatoms. The molecule has 2 N–H and O–H groups in total. The molecule has 27 heavy (non-hydrogen) atoms. The number of likely N-dealkylation sites (tertiary alicyclic amines) is 1. The molecule has 4 rings (SSSR count). The molecule has 1 aromatic heterocycles. The van der Waals surface area contributed by atoms with E-state index < -0.39 is 0 Å². The van der Waals surface area contributed by atoms with Crippen molar-refractivity contribution in [3.05, 3.63) is 59.8 Å². The van der Waals surface area contributed by atoms with Crippen LogP contribution in [0.3, 0.4) is 0 Å². The number of nitrogen functional groups attached to an aromatic ring is 1. The number of ether oxygens (including phenoxy) is 1. The van der Waals surface area contributed by atoms with Gasteiger partial charge in [-0.1, -0.05) is 36.4 Å². The normalized spacial score (nSPS) is 22.4. The zero-order valence-electron chi connectivity index (χ0n) is 15.0. The van der Waals surface area contributed by atoms with Crippen molar-refractivity contribution < 1.29 is 14.3 Å². The highest BCUT2D eigenvalue weighted by Gasteiger charge is 2.43. The van der Waals surface area contributed by atoms with Gasteiger partial charge in [0.05, 0.1) is 25.2 Å². The predicted octanol–water partition coefficient (Wildman–Crippen LogP) is 1.31. The molecule has 0 aliphatic carbocycles. The topological polar surface area (TPSA) is 88.8 Å². The molecule has 2 amide bonds. The van der Waals surface area contributed by atoms with Crippen LogP contribution in [0.15, 0.2) is 48.5 Å². The van der Waals surface area contributed by atoms with Crippen molar-refractivity contribution in [2.45, 2.75) is 25.1 Å². The summed E-state index contributed by atoms with van der Waals surface area (Å²) in [5, 5.41) is 0. The van der Waals surface area contributed by atoms with Crippen molar-refractivity contribution in [2.24, 2.45) is 0 Å². The maximum absolute atomic E-state index is 12.8. The van der Waals surface area contributed by atoms with E-state index in [1.165, 1.54) is 0 Å². The van der Waals surface area contributed by atoms with Crippen LogP contribution in [0.1, 0.15) is 22.5 Å². The maximum Gasteiger partial charge on any atom is 0.272 e. The van der Waals surface area contributed by atoms with Crippen LogP contribution in [0.4, 0.5) is 5.82 Å². The monoisotopic (exact) mass is 366 g/mol. The van der Waals surface area contributed by atoms with Gasteiger partial charge in [-0.25, -0.2) is 4.98 Å². The van der Waals surface area contributed by atoms with Crippen LogP contribution in [-0.2, 0) is 16.1 Å². The van der Waals surface area contributed by atoms with Crippen molar-refractivity contribution in [1.29, 1.82) is 0 Å². The Labute approximate surface area is 157 Å². The van der Waals surface area contributed by atoms with Crippen LogP contribution in [0.2, 0.25) is 0 Å². The molecule has 0 spiro atoms. The first kappa shape index (κ1) is 17.5. The summed E-state index contributed by atoms with van der Waals surface area (Å²) in [6.45, 7) is 1.77.